The highest BCUT2D eigenvalue weighted by Crippen LogP contribution is 2.37. The summed E-state index contributed by atoms with van der Waals surface area (Å²) in [6.45, 7) is 1.41. The van der Waals surface area contributed by atoms with E-state index in [4.69, 9.17) is 0 Å². The van der Waals surface area contributed by atoms with Crippen molar-refractivity contribution < 1.29 is 18.3 Å². The number of alkyl halides is 3. The summed E-state index contributed by atoms with van der Waals surface area (Å²) in [6.07, 6.45) is -4.71. The average molecular weight is 271 g/mol. The maximum atomic E-state index is 12.9. The van der Waals surface area contributed by atoms with E-state index in [1.54, 1.807) is 0 Å². The molecule has 7 heteroatoms. The van der Waals surface area contributed by atoms with Gasteiger partial charge in [-0.15, -0.1) is 0 Å². The average Bonchev–Trinajstić information content (AvgIpc) is 2.35. The molecule has 1 heterocycles. The van der Waals surface area contributed by atoms with Crippen molar-refractivity contribution in [3.8, 4) is 5.75 Å². The van der Waals surface area contributed by atoms with Crippen LogP contribution in [0.1, 0.15) is 11.1 Å². The highest BCUT2D eigenvalue weighted by atomic mass is 19.4. The minimum Gasteiger partial charge on any atom is -0.507 e. The molecule has 0 bridgehead atoms. The lowest BCUT2D eigenvalue weighted by atomic mass is 10.0. The Labute approximate surface area is 104 Å². The van der Waals surface area contributed by atoms with Crippen molar-refractivity contribution in [1.29, 1.82) is 0 Å². The van der Waals surface area contributed by atoms with Gasteiger partial charge in [-0.25, -0.2) is 0 Å². The highest BCUT2D eigenvalue weighted by Gasteiger charge is 2.34. The van der Waals surface area contributed by atoms with E-state index in [9.17, 15) is 27.9 Å². The first-order chi connectivity index (χ1) is 8.70. The first-order valence-corrected chi connectivity index (χ1v) is 5.18. The number of benzene rings is 1. The largest absolute Gasteiger partial charge is 0.507 e. The zero-order valence-electron chi connectivity index (χ0n) is 9.63. The molecule has 0 radical (unpaired) electrons. The van der Waals surface area contributed by atoms with E-state index in [0.717, 1.165) is 6.07 Å². The Morgan fingerprint density at radius 3 is 2.37 bits per heavy atom. The van der Waals surface area contributed by atoms with Crippen LogP contribution in [0.3, 0.4) is 0 Å². The summed E-state index contributed by atoms with van der Waals surface area (Å²) in [5.41, 5.74) is -3.31. The summed E-state index contributed by atoms with van der Waals surface area (Å²) in [4.78, 5) is 24.6. The SMILES string of the molecule is Cc1cc(C(F)(F)F)c2c(O)cc(=O)c(=O)[nH]c2c1. The minimum absolute atomic E-state index is 0.239. The van der Waals surface area contributed by atoms with Gasteiger partial charge in [-0.1, -0.05) is 0 Å². The molecule has 0 atom stereocenters. The van der Waals surface area contributed by atoms with E-state index in [1.807, 2.05) is 0 Å². The number of H-pyrrole nitrogens is 1. The van der Waals surface area contributed by atoms with E-state index in [0.29, 0.717) is 6.07 Å². The van der Waals surface area contributed by atoms with Crippen molar-refractivity contribution in [2.75, 3.05) is 0 Å². The second kappa shape index (κ2) is 4.11. The van der Waals surface area contributed by atoms with Crippen LogP contribution in [0.25, 0.3) is 10.9 Å². The Morgan fingerprint density at radius 2 is 1.79 bits per heavy atom. The van der Waals surface area contributed by atoms with E-state index < -0.39 is 33.9 Å². The summed E-state index contributed by atoms with van der Waals surface area (Å²) in [5, 5.41) is 9.01. The molecule has 0 saturated heterocycles. The van der Waals surface area contributed by atoms with Crippen molar-refractivity contribution in [1.82, 2.24) is 4.98 Å². The Kier molecular flexibility index (Phi) is 2.84. The van der Waals surface area contributed by atoms with Crippen molar-refractivity contribution in [3.05, 3.63) is 49.9 Å². The van der Waals surface area contributed by atoms with Crippen LogP contribution >= 0.6 is 0 Å². The third-order valence-corrected chi connectivity index (χ3v) is 2.58. The molecule has 0 unspecified atom stereocenters. The van der Waals surface area contributed by atoms with E-state index in [2.05, 4.69) is 4.98 Å². The first kappa shape index (κ1) is 13.1. The van der Waals surface area contributed by atoms with Gasteiger partial charge in [0.2, 0.25) is 5.43 Å². The molecular formula is C12H8F3NO3. The molecule has 19 heavy (non-hydrogen) atoms. The van der Waals surface area contributed by atoms with Crippen LogP contribution < -0.4 is 11.0 Å². The standard InChI is InChI=1S/C12H8F3NO3/c1-5-2-6(12(13,14)15)10-7(3-5)16-11(19)9(18)4-8(10)17/h2-4,17H,1H3,(H,16,18,19). The van der Waals surface area contributed by atoms with Gasteiger partial charge < -0.3 is 10.1 Å². The van der Waals surface area contributed by atoms with E-state index >= 15 is 0 Å². The molecule has 0 saturated carbocycles. The second-order valence-electron chi connectivity index (χ2n) is 4.08. The summed E-state index contributed by atoms with van der Waals surface area (Å²) >= 11 is 0. The molecule has 0 spiro atoms. The number of aryl methyl sites for hydroxylation is 1. The quantitative estimate of drug-likeness (QED) is 0.719. The topological polar surface area (TPSA) is 70.2 Å². The molecule has 2 N–H and O–H groups in total. The van der Waals surface area contributed by atoms with Gasteiger partial charge in [-0.2, -0.15) is 13.2 Å². The second-order valence-corrected chi connectivity index (χ2v) is 4.08. The number of hydrogen-bond acceptors (Lipinski definition) is 3. The van der Waals surface area contributed by atoms with Gasteiger partial charge in [0.25, 0.3) is 5.56 Å². The Morgan fingerprint density at radius 1 is 1.16 bits per heavy atom. The molecule has 0 amide bonds. The molecular weight excluding hydrogens is 263 g/mol. The van der Waals surface area contributed by atoms with Gasteiger partial charge in [0.1, 0.15) is 5.75 Å². The normalized spacial score (nSPS) is 11.8. The number of rotatable bonds is 0. The summed E-state index contributed by atoms with van der Waals surface area (Å²) in [7, 11) is 0. The molecule has 2 rings (SSSR count). The predicted octanol–water partition coefficient (Wildman–Crippen LogP) is 1.92. The molecule has 100 valence electrons. The number of fused-ring (bicyclic) bond motifs is 1. The molecule has 0 fully saturated rings. The number of aromatic nitrogens is 1. The molecule has 0 aliphatic carbocycles. The Hall–Kier alpha value is -2.31. The summed E-state index contributed by atoms with van der Waals surface area (Å²) < 4.78 is 38.8. The van der Waals surface area contributed by atoms with Crippen molar-refractivity contribution >= 4 is 10.9 Å². The van der Waals surface area contributed by atoms with Gasteiger partial charge in [-0.05, 0) is 24.6 Å². The van der Waals surface area contributed by atoms with Gasteiger partial charge in [0.05, 0.1) is 16.5 Å². The fraction of sp³-hybridized carbons (Fsp3) is 0.167. The van der Waals surface area contributed by atoms with E-state index in [1.165, 1.54) is 13.0 Å². The Balaban J connectivity index is 3.14. The maximum absolute atomic E-state index is 12.9. The lowest BCUT2D eigenvalue weighted by Gasteiger charge is -2.10. The molecule has 0 aliphatic rings. The number of halogens is 3. The van der Waals surface area contributed by atoms with E-state index in [-0.39, 0.29) is 11.1 Å². The predicted molar refractivity (Wildman–Crippen MR) is 62.2 cm³/mol. The molecule has 1 aromatic carbocycles. The number of nitrogens with one attached hydrogen (secondary N) is 1. The van der Waals surface area contributed by atoms with Crippen LogP contribution in [0.15, 0.2) is 27.8 Å². The fourth-order valence-corrected chi connectivity index (χ4v) is 1.83. The smallest absolute Gasteiger partial charge is 0.417 e. The first-order valence-electron chi connectivity index (χ1n) is 5.18. The number of aromatic hydroxyl groups is 1. The lowest BCUT2D eigenvalue weighted by Crippen LogP contribution is -2.22. The van der Waals surface area contributed by atoms with Crippen LogP contribution in [-0.2, 0) is 6.18 Å². The molecule has 2 aromatic rings. The summed E-state index contributed by atoms with van der Waals surface area (Å²) in [6, 6.07) is 2.57. The van der Waals surface area contributed by atoms with Crippen LogP contribution in [0, 0.1) is 6.92 Å². The summed E-state index contributed by atoms with van der Waals surface area (Å²) in [5.74, 6) is -0.884. The number of hydrogen-bond donors (Lipinski definition) is 2. The molecule has 4 nitrogen and oxygen atoms in total. The number of aromatic amines is 1. The zero-order valence-corrected chi connectivity index (χ0v) is 9.63. The van der Waals surface area contributed by atoms with Gasteiger partial charge in [0.15, 0.2) is 0 Å². The highest BCUT2D eigenvalue weighted by molar-refractivity contribution is 5.88. The van der Waals surface area contributed by atoms with Crippen LogP contribution in [-0.4, -0.2) is 10.1 Å². The fourth-order valence-electron chi connectivity index (χ4n) is 1.83. The maximum Gasteiger partial charge on any atom is 0.417 e. The third-order valence-electron chi connectivity index (χ3n) is 2.58. The van der Waals surface area contributed by atoms with Crippen molar-refractivity contribution in [3.63, 3.8) is 0 Å². The van der Waals surface area contributed by atoms with Crippen molar-refractivity contribution in [2.45, 2.75) is 13.1 Å². The lowest BCUT2D eigenvalue weighted by molar-refractivity contribution is -0.136. The molecule has 0 aliphatic heterocycles. The van der Waals surface area contributed by atoms with Gasteiger partial charge in [-0.3, -0.25) is 9.59 Å². The third kappa shape index (κ3) is 2.31. The zero-order chi connectivity index (χ0) is 14.4. The molecule has 1 aromatic heterocycles. The monoisotopic (exact) mass is 271 g/mol. The van der Waals surface area contributed by atoms with Gasteiger partial charge in [0, 0.05) is 6.07 Å². The minimum atomic E-state index is -4.71. The van der Waals surface area contributed by atoms with Crippen LogP contribution in [0.5, 0.6) is 5.75 Å². The van der Waals surface area contributed by atoms with Gasteiger partial charge >= 0.3 is 6.18 Å². The van der Waals surface area contributed by atoms with Crippen molar-refractivity contribution in [2.24, 2.45) is 0 Å². The Bertz CT molecular complexity index is 778. The van der Waals surface area contributed by atoms with Crippen LogP contribution in [0.4, 0.5) is 13.2 Å². The van der Waals surface area contributed by atoms with Crippen LogP contribution in [0.2, 0.25) is 0 Å².